The van der Waals surface area contributed by atoms with E-state index in [1.54, 1.807) is 0 Å². The van der Waals surface area contributed by atoms with Gasteiger partial charge in [-0.05, 0) is 26.3 Å². The number of hydrogen-bond acceptors (Lipinski definition) is 2. The summed E-state index contributed by atoms with van der Waals surface area (Å²) in [6, 6.07) is 1.19. The molecule has 2 unspecified atom stereocenters. The summed E-state index contributed by atoms with van der Waals surface area (Å²) in [5.74, 6) is 0.815. The summed E-state index contributed by atoms with van der Waals surface area (Å²) in [5, 5.41) is 8.38. The SMILES string of the molecule is CC1CN2CCCCC2CN1C(=N)C(C)(C)C. The Morgan fingerprint density at radius 2 is 1.88 bits per heavy atom. The van der Waals surface area contributed by atoms with Crippen LogP contribution in [-0.4, -0.2) is 47.4 Å². The maximum atomic E-state index is 8.38. The van der Waals surface area contributed by atoms with E-state index in [1.807, 2.05) is 0 Å². The Bertz CT molecular complexity index is 292. The number of rotatable bonds is 0. The fourth-order valence-electron chi connectivity index (χ4n) is 3.09. The minimum absolute atomic E-state index is 0.0227. The van der Waals surface area contributed by atoms with Gasteiger partial charge in [-0.15, -0.1) is 0 Å². The van der Waals surface area contributed by atoms with Gasteiger partial charge in [0.05, 0.1) is 0 Å². The maximum Gasteiger partial charge on any atom is 0.102 e. The second kappa shape index (κ2) is 4.60. The molecule has 2 saturated heterocycles. The zero-order chi connectivity index (χ0) is 12.6. The van der Waals surface area contributed by atoms with Crippen molar-refractivity contribution >= 4 is 5.84 Å². The van der Waals surface area contributed by atoms with E-state index in [0.29, 0.717) is 12.1 Å². The molecule has 0 aliphatic carbocycles. The molecule has 0 aromatic heterocycles. The third-order valence-corrected chi connectivity index (χ3v) is 4.18. The van der Waals surface area contributed by atoms with Crippen molar-refractivity contribution < 1.29 is 0 Å². The van der Waals surface area contributed by atoms with Crippen LogP contribution in [0.2, 0.25) is 0 Å². The summed E-state index contributed by atoms with van der Waals surface area (Å²) in [6.07, 6.45) is 4.05. The van der Waals surface area contributed by atoms with Gasteiger partial charge in [-0.25, -0.2) is 0 Å². The summed E-state index contributed by atoms with van der Waals surface area (Å²) >= 11 is 0. The van der Waals surface area contributed by atoms with Crippen LogP contribution in [0.3, 0.4) is 0 Å². The fourth-order valence-corrected chi connectivity index (χ4v) is 3.09. The molecule has 2 aliphatic heterocycles. The number of amidine groups is 1. The van der Waals surface area contributed by atoms with Crippen LogP contribution < -0.4 is 0 Å². The minimum Gasteiger partial charge on any atom is -0.355 e. The normalized spacial score (nSPS) is 31.2. The largest absolute Gasteiger partial charge is 0.355 e. The van der Waals surface area contributed by atoms with Crippen LogP contribution in [0.5, 0.6) is 0 Å². The minimum atomic E-state index is -0.0227. The molecule has 2 heterocycles. The standard InChI is InChI=1S/C14H27N3/c1-11-9-16-8-6-5-7-12(16)10-17(11)13(15)14(2,3)4/h11-12,15H,5-10H2,1-4H3. The molecule has 0 amide bonds. The lowest BCUT2D eigenvalue weighted by Crippen LogP contribution is -2.61. The van der Waals surface area contributed by atoms with Gasteiger partial charge in [0, 0.05) is 30.6 Å². The molecular weight excluding hydrogens is 210 g/mol. The zero-order valence-corrected chi connectivity index (χ0v) is 11.8. The van der Waals surface area contributed by atoms with Crippen LogP contribution in [0.25, 0.3) is 0 Å². The molecule has 17 heavy (non-hydrogen) atoms. The highest BCUT2D eigenvalue weighted by molar-refractivity contribution is 5.84. The molecule has 0 bridgehead atoms. The topological polar surface area (TPSA) is 30.3 Å². The molecule has 0 aromatic carbocycles. The fraction of sp³-hybridized carbons (Fsp3) is 0.929. The number of piperazine rings is 1. The molecule has 0 saturated carbocycles. The van der Waals surface area contributed by atoms with Crippen molar-refractivity contribution in [1.82, 2.24) is 9.80 Å². The van der Waals surface area contributed by atoms with Crippen molar-refractivity contribution in [2.45, 2.75) is 59.0 Å². The number of piperidine rings is 1. The summed E-state index contributed by atoms with van der Waals surface area (Å²) < 4.78 is 0. The van der Waals surface area contributed by atoms with Gasteiger partial charge < -0.3 is 4.90 Å². The van der Waals surface area contributed by atoms with Crippen molar-refractivity contribution in [2.24, 2.45) is 5.41 Å². The van der Waals surface area contributed by atoms with E-state index >= 15 is 0 Å². The lowest BCUT2D eigenvalue weighted by Gasteiger charge is -2.50. The zero-order valence-electron chi connectivity index (χ0n) is 11.8. The lowest BCUT2D eigenvalue weighted by atomic mass is 9.90. The van der Waals surface area contributed by atoms with Crippen LogP contribution in [0.4, 0.5) is 0 Å². The van der Waals surface area contributed by atoms with Gasteiger partial charge in [0.2, 0.25) is 0 Å². The average Bonchev–Trinajstić information content (AvgIpc) is 2.26. The molecule has 0 spiro atoms. The van der Waals surface area contributed by atoms with E-state index < -0.39 is 0 Å². The first-order chi connectivity index (χ1) is 7.89. The smallest absolute Gasteiger partial charge is 0.102 e. The first-order valence-corrected chi connectivity index (χ1v) is 6.99. The Kier molecular flexibility index (Phi) is 3.48. The van der Waals surface area contributed by atoms with Gasteiger partial charge >= 0.3 is 0 Å². The summed E-state index contributed by atoms with van der Waals surface area (Å²) in [5.41, 5.74) is -0.0227. The molecule has 2 aliphatic rings. The third kappa shape index (κ3) is 2.65. The van der Waals surface area contributed by atoms with Gasteiger partial charge in [0.25, 0.3) is 0 Å². The van der Waals surface area contributed by atoms with E-state index in [-0.39, 0.29) is 5.41 Å². The van der Waals surface area contributed by atoms with Gasteiger partial charge in [-0.3, -0.25) is 10.3 Å². The third-order valence-electron chi connectivity index (χ3n) is 4.18. The Labute approximate surface area is 106 Å². The lowest BCUT2D eigenvalue weighted by molar-refractivity contribution is 0.0459. The molecule has 1 N–H and O–H groups in total. The van der Waals surface area contributed by atoms with Gasteiger partial charge in [-0.1, -0.05) is 27.2 Å². The molecule has 2 rings (SSSR count). The second-order valence-corrected chi connectivity index (χ2v) is 6.74. The number of fused-ring (bicyclic) bond motifs is 1. The number of nitrogens with zero attached hydrogens (tertiary/aromatic N) is 2. The molecule has 98 valence electrons. The van der Waals surface area contributed by atoms with Crippen LogP contribution in [-0.2, 0) is 0 Å². The first kappa shape index (κ1) is 12.9. The summed E-state index contributed by atoms with van der Waals surface area (Å²) in [6.45, 7) is 12.2. The molecule has 2 atom stereocenters. The van der Waals surface area contributed by atoms with E-state index in [1.165, 1.54) is 25.8 Å². The number of nitrogens with one attached hydrogen (secondary N) is 1. The number of hydrogen-bond donors (Lipinski definition) is 1. The highest BCUT2D eigenvalue weighted by Gasteiger charge is 2.36. The predicted molar refractivity (Wildman–Crippen MR) is 72.6 cm³/mol. The van der Waals surface area contributed by atoms with Crippen molar-refractivity contribution in [3.63, 3.8) is 0 Å². The Morgan fingerprint density at radius 1 is 1.18 bits per heavy atom. The summed E-state index contributed by atoms with van der Waals surface area (Å²) in [4.78, 5) is 4.98. The van der Waals surface area contributed by atoms with Crippen LogP contribution in [0, 0.1) is 10.8 Å². The highest BCUT2D eigenvalue weighted by atomic mass is 15.3. The van der Waals surface area contributed by atoms with Crippen LogP contribution in [0.1, 0.15) is 47.0 Å². The van der Waals surface area contributed by atoms with E-state index in [2.05, 4.69) is 37.5 Å². The van der Waals surface area contributed by atoms with Crippen LogP contribution >= 0.6 is 0 Å². The molecule has 0 aromatic rings. The first-order valence-electron chi connectivity index (χ1n) is 6.99. The average molecular weight is 237 g/mol. The summed E-state index contributed by atoms with van der Waals surface area (Å²) in [7, 11) is 0. The van der Waals surface area contributed by atoms with E-state index in [9.17, 15) is 0 Å². The quantitative estimate of drug-likeness (QED) is 0.518. The van der Waals surface area contributed by atoms with Gasteiger partial charge in [0.15, 0.2) is 0 Å². The van der Waals surface area contributed by atoms with Crippen molar-refractivity contribution in [2.75, 3.05) is 19.6 Å². The highest BCUT2D eigenvalue weighted by Crippen LogP contribution is 2.27. The van der Waals surface area contributed by atoms with E-state index in [0.717, 1.165) is 18.9 Å². The van der Waals surface area contributed by atoms with E-state index in [4.69, 9.17) is 5.41 Å². The second-order valence-electron chi connectivity index (χ2n) is 6.74. The van der Waals surface area contributed by atoms with Gasteiger partial charge in [-0.2, -0.15) is 0 Å². The molecule has 3 heteroatoms. The molecular formula is C14H27N3. The Balaban J connectivity index is 2.07. The monoisotopic (exact) mass is 237 g/mol. The van der Waals surface area contributed by atoms with Gasteiger partial charge in [0.1, 0.15) is 5.84 Å². The van der Waals surface area contributed by atoms with Crippen molar-refractivity contribution in [3.05, 3.63) is 0 Å². The molecule has 0 radical (unpaired) electrons. The molecule has 2 fully saturated rings. The molecule has 3 nitrogen and oxygen atoms in total. The predicted octanol–water partition coefficient (Wildman–Crippen LogP) is 2.57. The van der Waals surface area contributed by atoms with Crippen molar-refractivity contribution in [1.29, 1.82) is 5.41 Å². The Morgan fingerprint density at radius 3 is 2.53 bits per heavy atom. The maximum absolute atomic E-state index is 8.38. The van der Waals surface area contributed by atoms with Crippen molar-refractivity contribution in [3.8, 4) is 0 Å². The Hall–Kier alpha value is -0.570. The van der Waals surface area contributed by atoms with Crippen LogP contribution in [0.15, 0.2) is 0 Å².